The summed E-state index contributed by atoms with van der Waals surface area (Å²) in [5, 5.41) is 16.1. The minimum atomic E-state index is -1.30. The van der Waals surface area contributed by atoms with Gasteiger partial charge in [-0.25, -0.2) is 14.8 Å². The van der Waals surface area contributed by atoms with E-state index >= 15 is 0 Å². The number of ether oxygens (including phenoxy) is 1. The van der Waals surface area contributed by atoms with Gasteiger partial charge in [0.15, 0.2) is 5.06 Å². The predicted octanol–water partition coefficient (Wildman–Crippen LogP) is 7.42. The zero-order valence-electron chi connectivity index (χ0n) is 20.6. The molecule has 6 nitrogen and oxygen atoms in total. The van der Waals surface area contributed by atoms with Gasteiger partial charge in [-0.3, -0.25) is 0 Å². The third-order valence-electron chi connectivity index (χ3n) is 6.06. The third-order valence-corrected chi connectivity index (χ3v) is 7.01. The lowest BCUT2D eigenvalue weighted by Gasteiger charge is -2.13. The van der Waals surface area contributed by atoms with Gasteiger partial charge >= 0.3 is 6.16 Å². The van der Waals surface area contributed by atoms with Crippen LogP contribution in [0.15, 0.2) is 84.5 Å². The highest BCUT2D eigenvalue weighted by atomic mass is 32.1. The molecule has 5 rings (SSSR count). The van der Waals surface area contributed by atoms with Gasteiger partial charge < -0.3 is 15.2 Å². The number of hydrogen-bond donors (Lipinski definition) is 2. The third kappa shape index (κ3) is 5.78. The Labute approximate surface area is 219 Å². The standard InChI is InChI=1S/C30H27N3O3S/c1-19(2)33-28-26-16-23(11-12-27(26)31-18-32-28)22-10-6-9-21(14-22)15-25-24(13-20-7-4-3-5-8-20)17-37-29(25)36-30(34)35/h3-12,14,16-19H,13,15H2,1-2H3,(H,34,35)(H,31,32,33). The molecule has 2 aromatic heterocycles. The first-order chi connectivity index (χ1) is 18.0. The Bertz CT molecular complexity index is 1550. The van der Waals surface area contributed by atoms with Crippen molar-refractivity contribution in [3.8, 4) is 16.2 Å². The Morgan fingerprint density at radius 2 is 1.73 bits per heavy atom. The predicted molar refractivity (Wildman–Crippen MR) is 149 cm³/mol. The molecule has 0 aliphatic carbocycles. The maximum atomic E-state index is 11.4. The van der Waals surface area contributed by atoms with Crippen LogP contribution in [0.4, 0.5) is 10.6 Å². The lowest BCUT2D eigenvalue weighted by Crippen LogP contribution is -2.11. The van der Waals surface area contributed by atoms with Crippen LogP contribution in [0.2, 0.25) is 0 Å². The minimum absolute atomic E-state index is 0.253. The molecule has 0 amide bonds. The van der Waals surface area contributed by atoms with Gasteiger partial charge in [-0.15, -0.1) is 11.3 Å². The molecule has 5 aromatic rings. The number of thiophene rings is 1. The highest BCUT2D eigenvalue weighted by Crippen LogP contribution is 2.35. The second-order valence-electron chi connectivity index (χ2n) is 9.19. The molecule has 0 bridgehead atoms. The topological polar surface area (TPSA) is 84.3 Å². The number of rotatable bonds is 8. The van der Waals surface area contributed by atoms with Crippen LogP contribution in [-0.2, 0) is 12.8 Å². The molecule has 0 spiro atoms. The van der Waals surface area contributed by atoms with Crippen molar-refractivity contribution in [3.63, 3.8) is 0 Å². The highest BCUT2D eigenvalue weighted by molar-refractivity contribution is 7.12. The van der Waals surface area contributed by atoms with Crippen LogP contribution < -0.4 is 10.1 Å². The molecule has 0 radical (unpaired) electrons. The number of carboxylic acid groups (broad SMARTS) is 1. The molecular formula is C30H27N3O3S. The summed E-state index contributed by atoms with van der Waals surface area (Å²) in [6.07, 6.45) is 1.56. The summed E-state index contributed by atoms with van der Waals surface area (Å²) in [4.78, 5) is 20.2. The van der Waals surface area contributed by atoms with E-state index in [-0.39, 0.29) is 6.04 Å². The van der Waals surface area contributed by atoms with E-state index in [0.717, 1.165) is 44.5 Å². The number of nitrogens with zero attached hydrogens (tertiary/aromatic N) is 2. The Balaban J connectivity index is 1.48. The van der Waals surface area contributed by atoms with E-state index in [4.69, 9.17) is 4.74 Å². The summed E-state index contributed by atoms with van der Waals surface area (Å²) >= 11 is 1.33. The summed E-state index contributed by atoms with van der Waals surface area (Å²) in [7, 11) is 0. The van der Waals surface area contributed by atoms with Crippen LogP contribution in [0.1, 0.15) is 36.1 Å². The van der Waals surface area contributed by atoms with Crippen molar-refractivity contribution in [3.05, 3.63) is 107 Å². The maximum Gasteiger partial charge on any atom is 0.512 e. The molecule has 2 heterocycles. The number of fused-ring (bicyclic) bond motifs is 1. The van der Waals surface area contributed by atoms with Crippen molar-refractivity contribution >= 4 is 34.2 Å². The number of aromatic nitrogens is 2. The zero-order valence-corrected chi connectivity index (χ0v) is 21.5. The van der Waals surface area contributed by atoms with Gasteiger partial charge in [-0.05, 0) is 65.6 Å². The normalized spacial score (nSPS) is 11.1. The Hall–Kier alpha value is -4.23. The molecule has 7 heteroatoms. The fourth-order valence-electron chi connectivity index (χ4n) is 4.40. The molecule has 3 aromatic carbocycles. The molecule has 0 unspecified atom stereocenters. The van der Waals surface area contributed by atoms with Crippen molar-refractivity contribution in [1.29, 1.82) is 0 Å². The molecule has 0 fully saturated rings. The van der Waals surface area contributed by atoms with E-state index in [1.807, 2.05) is 35.7 Å². The number of anilines is 1. The fourth-order valence-corrected chi connectivity index (χ4v) is 5.34. The zero-order chi connectivity index (χ0) is 25.8. The van der Waals surface area contributed by atoms with Crippen LogP contribution in [0.5, 0.6) is 5.06 Å². The van der Waals surface area contributed by atoms with Gasteiger partial charge in [0.25, 0.3) is 0 Å². The van der Waals surface area contributed by atoms with Gasteiger partial charge in [0.1, 0.15) is 12.1 Å². The van der Waals surface area contributed by atoms with Gasteiger partial charge in [0, 0.05) is 23.4 Å². The van der Waals surface area contributed by atoms with E-state index in [1.54, 1.807) is 6.33 Å². The van der Waals surface area contributed by atoms with Crippen molar-refractivity contribution in [2.75, 3.05) is 5.32 Å². The molecule has 0 saturated heterocycles. The van der Waals surface area contributed by atoms with Crippen molar-refractivity contribution in [2.45, 2.75) is 32.7 Å². The van der Waals surface area contributed by atoms with Crippen molar-refractivity contribution in [2.24, 2.45) is 0 Å². The summed E-state index contributed by atoms with van der Waals surface area (Å²) < 4.78 is 5.16. The molecule has 0 aliphatic heterocycles. The summed E-state index contributed by atoms with van der Waals surface area (Å²) in [6.45, 7) is 4.17. The Morgan fingerprint density at radius 1 is 0.946 bits per heavy atom. The fraction of sp³-hybridized carbons (Fsp3) is 0.167. The summed E-state index contributed by atoms with van der Waals surface area (Å²) in [5.74, 6) is 0.817. The Morgan fingerprint density at radius 3 is 2.51 bits per heavy atom. The van der Waals surface area contributed by atoms with Crippen LogP contribution in [-0.4, -0.2) is 27.3 Å². The van der Waals surface area contributed by atoms with Gasteiger partial charge in [0.2, 0.25) is 0 Å². The number of hydrogen-bond acceptors (Lipinski definition) is 6. The highest BCUT2D eigenvalue weighted by Gasteiger charge is 2.17. The largest absolute Gasteiger partial charge is 0.512 e. The van der Waals surface area contributed by atoms with Crippen molar-refractivity contribution in [1.82, 2.24) is 9.97 Å². The lowest BCUT2D eigenvalue weighted by molar-refractivity contribution is 0.145. The summed E-state index contributed by atoms with van der Waals surface area (Å²) in [5.41, 5.74) is 7.24. The van der Waals surface area contributed by atoms with Gasteiger partial charge in [-0.1, -0.05) is 60.7 Å². The van der Waals surface area contributed by atoms with E-state index < -0.39 is 6.16 Å². The smallest absolute Gasteiger partial charge is 0.449 e. The Kier molecular flexibility index (Phi) is 7.14. The number of benzene rings is 3. The molecule has 0 saturated carbocycles. The second kappa shape index (κ2) is 10.8. The lowest BCUT2D eigenvalue weighted by atomic mass is 9.96. The second-order valence-corrected chi connectivity index (χ2v) is 10.0. The first-order valence-electron chi connectivity index (χ1n) is 12.1. The molecule has 186 valence electrons. The molecule has 2 N–H and O–H groups in total. The minimum Gasteiger partial charge on any atom is -0.449 e. The van der Waals surface area contributed by atoms with Crippen LogP contribution in [0, 0.1) is 0 Å². The van der Waals surface area contributed by atoms with Gasteiger partial charge in [-0.2, -0.15) is 0 Å². The number of carbonyl (C=O) groups is 1. The maximum absolute atomic E-state index is 11.4. The first kappa shape index (κ1) is 24.5. The molecule has 0 aliphatic rings. The molecule has 37 heavy (non-hydrogen) atoms. The monoisotopic (exact) mass is 509 g/mol. The van der Waals surface area contributed by atoms with E-state index in [0.29, 0.717) is 17.9 Å². The van der Waals surface area contributed by atoms with Crippen LogP contribution in [0.25, 0.3) is 22.0 Å². The molecule has 0 atom stereocenters. The molecular weight excluding hydrogens is 482 g/mol. The van der Waals surface area contributed by atoms with E-state index in [9.17, 15) is 9.90 Å². The average molecular weight is 510 g/mol. The van der Waals surface area contributed by atoms with E-state index in [2.05, 4.69) is 71.6 Å². The van der Waals surface area contributed by atoms with Gasteiger partial charge in [0.05, 0.1) is 5.52 Å². The number of nitrogens with one attached hydrogen (secondary N) is 1. The average Bonchev–Trinajstić information content (AvgIpc) is 3.24. The van der Waals surface area contributed by atoms with E-state index in [1.165, 1.54) is 16.9 Å². The van der Waals surface area contributed by atoms with Crippen molar-refractivity contribution < 1.29 is 14.6 Å². The first-order valence-corrected chi connectivity index (χ1v) is 13.0. The quantitative estimate of drug-likeness (QED) is 0.212. The summed E-state index contributed by atoms with van der Waals surface area (Å²) in [6, 6.07) is 24.9. The SMILES string of the molecule is CC(C)Nc1ncnc2ccc(-c3cccc(Cc4c(Cc5ccccc5)csc4OC(=O)O)c3)cc12. The van der Waals surface area contributed by atoms with Crippen LogP contribution >= 0.6 is 11.3 Å². The van der Waals surface area contributed by atoms with Crippen LogP contribution in [0.3, 0.4) is 0 Å².